The monoisotopic (exact) mass is 367 g/mol. The Hall–Kier alpha value is -2.60. The van der Waals surface area contributed by atoms with Gasteiger partial charge in [0.2, 0.25) is 11.8 Å². The first kappa shape index (κ1) is 18.2. The molecule has 0 fully saturated rings. The minimum absolute atomic E-state index is 0.105. The molecule has 1 atom stereocenters. The van der Waals surface area contributed by atoms with E-state index in [1.165, 1.54) is 22.9 Å². The largest absolute Gasteiger partial charge is 0.411 e. The molecule has 0 bridgehead atoms. The summed E-state index contributed by atoms with van der Waals surface area (Å²) in [6.45, 7) is 7.90. The molecule has 0 spiro atoms. The van der Waals surface area contributed by atoms with E-state index in [4.69, 9.17) is 4.42 Å². The van der Waals surface area contributed by atoms with Crippen molar-refractivity contribution in [2.45, 2.75) is 38.2 Å². The van der Waals surface area contributed by atoms with E-state index in [9.17, 15) is 4.79 Å². The molecule has 5 nitrogen and oxygen atoms in total. The molecule has 134 valence electrons. The molecule has 3 aromatic rings. The van der Waals surface area contributed by atoms with Gasteiger partial charge in [0.25, 0.3) is 5.22 Å². The number of aromatic nitrogens is 2. The number of benzene rings is 2. The predicted molar refractivity (Wildman–Crippen MR) is 104 cm³/mol. The van der Waals surface area contributed by atoms with Crippen molar-refractivity contribution in [3.05, 3.63) is 59.2 Å². The van der Waals surface area contributed by atoms with Gasteiger partial charge in [0.15, 0.2) is 0 Å². The Labute approximate surface area is 157 Å². The lowest BCUT2D eigenvalue weighted by Gasteiger charge is -2.10. The zero-order valence-corrected chi connectivity index (χ0v) is 16.1. The van der Waals surface area contributed by atoms with E-state index in [0.29, 0.717) is 11.1 Å². The number of hydrogen-bond donors (Lipinski definition) is 1. The lowest BCUT2D eigenvalue weighted by Crippen LogP contribution is -2.22. The Kier molecular flexibility index (Phi) is 5.42. The fourth-order valence-corrected chi connectivity index (χ4v) is 3.10. The Morgan fingerprint density at radius 1 is 1.08 bits per heavy atom. The maximum Gasteiger partial charge on any atom is 0.277 e. The molecule has 6 heteroatoms. The fourth-order valence-electron chi connectivity index (χ4n) is 2.42. The van der Waals surface area contributed by atoms with Gasteiger partial charge < -0.3 is 9.73 Å². The van der Waals surface area contributed by atoms with Crippen molar-refractivity contribution < 1.29 is 9.21 Å². The zero-order valence-electron chi connectivity index (χ0n) is 15.2. The van der Waals surface area contributed by atoms with E-state index in [0.717, 1.165) is 16.8 Å². The summed E-state index contributed by atoms with van der Waals surface area (Å²) in [5, 5.41) is 11.1. The fraction of sp³-hybridized carbons (Fsp3) is 0.250. The van der Waals surface area contributed by atoms with Gasteiger partial charge in [0.05, 0.1) is 5.25 Å². The van der Waals surface area contributed by atoms with Gasteiger partial charge in [-0.1, -0.05) is 30.0 Å². The normalized spacial score (nSPS) is 12.0. The summed E-state index contributed by atoms with van der Waals surface area (Å²) in [6, 6.07) is 13.7. The van der Waals surface area contributed by atoms with Crippen LogP contribution in [0.15, 0.2) is 52.1 Å². The molecular formula is C20H21N3O2S. The molecule has 2 aromatic carbocycles. The molecule has 0 aliphatic rings. The summed E-state index contributed by atoms with van der Waals surface area (Å²) in [7, 11) is 0. The molecule has 3 rings (SSSR count). The van der Waals surface area contributed by atoms with Crippen LogP contribution in [0.1, 0.15) is 23.6 Å². The highest BCUT2D eigenvalue weighted by atomic mass is 32.2. The molecule has 0 radical (unpaired) electrons. The van der Waals surface area contributed by atoms with Gasteiger partial charge in [-0.2, -0.15) is 0 Å². The molecule has 0 unspecified atom stereocenters. The van der Waals surface area contributed by atoms with Crippen molar-refractivity contribution in [1.82, 2.24) is 10.2 Å². The van der Waals surface area contributed by atoms with Crippen molar-refractivity contribution >= 4 is 23.4 Å². The van der Waals surface area contributed by atoms with Crippen LogP contribution in [-0.2, 0) is 4.79 Å². The average Bonchev–Trinajstić information content (AvgIpc) is 3.05. The summed E-state index contributed by atoms with van der Waals surface area (Å²) in [6.07, 6.45) is 0. The number of carbonyl (C=O) groups excluding carboxylic acids is 1. The summed E-state index contributed by atoms with van der Waals surface area (Å²) in [5.74, 6) is 0.355. The number of anilines is 1. The van der Waals surface area contributed by atoms with Crippen LogP contribution in [-0.4, -0.2) is 21.4 Å². The van der Waals surface area contributed by atoms with Crippen LogP contribution in [0, 0.1) is 20.8 Å². The topological polar surface area (TPSA) is 68.0 Å². The number of hydrogen-bond acceptors (Lipinski definition) is 5. The third-order valence-electron chi connectivity index (χ3n) is 4.09. The maximum absolute atomic E-state index is 12.4. The van der Waals surface area contributed by atoms with Crippen molar-refractivity contribution in [2.24, 2.45) is 0 Å². The predicted octanol–water partition coefficient (Wildman–Crippen LogP) is 4.78. The van der Waals surface area contributed by atoms with Crippen LogP contribution in [0.5, 0.6) is 0 Å². The number of thioether (sulfide) groups is 1. The standard InChI is InChI=1S/C20H21N3O2S/c1-12-6-5-7-17(10-12)21-18(24)15(4)26-20-23-22-19(25-20)16-9-8-13(2)14(3)11-16/h5-11,15H,1-4H3,(H,21,24)/t15-/m0/s1. The zero-order chi connectivity index (χ0) is 18.7. The van der Waals surface area contributed by atoms with Crippen molar-refractivity contribution in [3.63, 3.8) is 0 Å². The van der Waals surface area contributed by atoms with E-state index in [2.05, 4.69) is 22.4 Å². The Morgan fingerprint density at radius 3 is 2.62 bits per heavy atom. The summed E-state index contributed by atoms with van der Waals surface area (Å²) in [5.41, 5.74) is 5.14. The van der Waals surface area contributed by atoms with Crippen LogP contribution in [0.25, 0.3) is 11.5 Å². The third kappa shape index (κ3) is 4.32. The van der Waals surface area contributed by atoms with Crippen LogP contribution in [0.2, 0.25) is 0 Å². The second-order valence-electron chi connectivity index (χ2n) is 6.29. The highest BCUT2D eigenvalue weighted by molar-refractivity contribution is 8.00. The number of nitrogens with one attached hydrogen (secondary N) is 1. The Morgan fingerprint density at radius 2 is 1.88 bits per heavy atom. The van der Waals surface area contributed by atoms with Gasteiger partial charge >= 0.3 is 0 Å². The summed E-state index contributed by atoms with van der Waals surface area (Å²) in [4.78, 5) is 12.4. The molecule has 1 heterocycles. The summed E-state index contributed by atoms with van der Waals surface area (Å²) < 4.78 is 5.72. The Balaban J connectivity index is 1.66. The van der Waals surface area contributed by atoms with Gasteiger partial charge in [-0.3, -0.25) is 4.79 Å². The molecule has 0 aliphatic heterocycles. The van der Waals surface area contributed by atoms with E-state index < -0.39 is 0 Å². The minimum Gasteiger partial charge on any atom is -0.411 e. The number of rotatable bonds is 5. The maximum atomic E-state index is 12.4. The van der Waals surface area contributed by atoms with Crippen LogP contribution >= 0.6 is 11.8 Å². The van der Waals surface area contributed by atoms with Crippen LogP contribution < -0.4 is 5.32 Å². The van der Waals surface area contributed by atoms with Crippen LogP contribution in [0.4, 0.5) is 5.69 Å². The molecule has 1 amide bonds. The lowest BCUT2D eigenvalue weighted by molar-refractivity contribution is -0.115. The number of nitrogens with zero attached hydrogens (tertiary/aromatic N) is 2. The van der Waals surface area contributed by atoms with Crippen molar-refractivity contribution in [1.29, 1.82) is 0 Å². The van der Waals surface area contributed by atoms with Crippen LogP contribution in [0.3, 0.4) is 0 Å². The van der Waals surface area contributed by atoms with Crippen molar-refractivity contribution in [2.75, 3.05) is 5.32 Å². The first-order valence-electron chi connectivity index (χ1n) is 8.37. The lowest BCUT2D eigenvalue weighted by atomic mass is 10.1. The molecule has 26 heavy (non-hydrogen) atoms. The quantitative estimate of drug-likeness (QED) is 0.657. The average molecular weight is 367 g/mol. The first-order valence-corrected chi connectivity index (χ1v) is 9.25. The Bertz CT molecular complexity index is 936. The smallest absolute Gasteiger partial charge is 0.277 e. The van der Waals surface area contributed by atoms with E-state index >= 15 is 0 Å². The number of carbonyl (C=O) groups is 1. The second kappa shape index (κ2) is 7.74. The molecule has 0 saturated heterocycles. The summed E-state index contributed by atoms with van der Waals surface area (Å²) >= 11 is 1.25. The molecule has 0 saturated carbocycles. The molecule has 0 aliphatic carbocycles. The highest BCUT2D eigenvalue weighted by Crippen LogP contribution is 2.27. The highest BCUT2D eigenvalue weighted by Gasteiger charge is 2.19. The second-order valence-corrected chi connectivity index (χ2v) is 7.58. The molecule has 1 aromatic heterocycles. The van der Waals surface area contributed by atoms with Gasteiger partial charge in [-0.05, 0) is 68.7 Å². The third-order valence-corrected chi connectivity index (χ3v) is 5.03. The van der Waals surface area contributed by atoms with E-state index in [1.807, 2.05) is 63.2 Å². The number of amides is 1. The molecule has 1 N–H and O–H groups in total. The van der Waals surface area contributed by atoms with Gasteiger partial charge in [0, 0.05) is 11.3 Å². The minimum atomic E-state index is -0.358. The van der Waals surface area contributed by atoms with Gasteiger partial charge in [-0.25, -0.2) is 0 Å². The first-order chi connectivity index (χ1) is 12.4. The van der Waals surface area contributed by atoms with Gasteiger partial charge in [0.1, 0.15) is 0 Å². The van der Waals surface area contributed by atoms with Crippen molar-refractivity contribution in [3.8, 4) is 11.5 Å². The van der Waals surface area contributed by atoms with E-state index in [1.54, 1.807) is 0 Å². The molecular weight excluding hydrogens is 346 g/mol. The number of aryl methyl sites for hydroxylation is 3. The van der Waals surface area contributed by atoms with E-state index in [-0.39, 0.29) is 11.2 Å². The van der Waals surface area contributed by atoms with Gasteiger partial charge in [-0.15, -0.1) is 10.2 Å². The SMILES string of the molecule is Cc1cccc(NC(=O)[C@H](C)Sc2nnc(-c3ccc(C)c(C)c3)o2)c1.